The summed E-state index contributed by atoms with van der Waals surface area (Å²) >= 11 is 1.54. The van der Waals surface area contributed by atoms with Gasteiger partial charge >= 0.3 is 0 Å². The third kappa shape index (κ3) is 4.19. The summed E-state index contributed by atoms with van der Waals surface area (Å²) in [5.41, 5.74) is 1.47. The van der Waals surface area contributed by atoms with Crippen LogP contribution in [0.4, 0.5) is 5.13 Å². The summed E-state index contributed by atoms with van der Waals surface area (Å²) in [6.07, 6.45) is 7.43. The molecule has 3 aliphatic carbocycles. The molecule has 176 valence electrons. The van der Waals surface area contributed by atoms with Crippen LogP contribution in [0.15, 0.2) is 24.5 Å². The largest absolute Gasteiger partial charge is 0.392 e. The van der Waals surface area contributed by atoms with E-state index in [1.807, 2.05) is 6.92 Å². The lowest BCUT2D eigenvalue weighted by atomic mass is 9.53. The van der Waals surface area contributed by atoms with Crippen molar-refractivity contribution in [2.45, 2.75) is 70.9 Å². The minimum atomic E-state index is -0.552. The maximum atomic E-state index is 12.7. The number of nitrogens with zero attached hydrogens (tertiary/aromatic N) is 2. The number of carbonyl (C=O) groups excluding carboxylic acids is 2. The Labute approximate surface area is 198 Å². The smallest absolute Gasteiger partial charge is 0.257 e. The monoisotopic (exact) mass is 468 g/mol. The van der Waals surface area contributed by atoms with Gasteiger partial charge in [-0.2, -0.15) is 0 Å². The van der Waals surface area contributed by atoms with E-state index in [0.717, 1.165) is 37.8 Å². The Morgan fingerprint density at radius 1 is 1.24 bits per heavy atom. The first-order chi connectivity index (χ1) is 15.8. The summed E-state index contributed by atoms with van der Waals surface area (Å²) in [5.74, 6) is -0.289. The van der Waals surface area contributed by atoms with Gasteiger partial charge in [-0.05, 0) is 61.5 Å². The van der Waals surface area contributed by atoms with E-state index in [1.165, 1.54) is 16.2 Å². The average molecular weight is 469 g/mol. The number of aromatic nitrogens is 2. The number of aliphatic hydroxyl groups excluding tert-OH is 1. The van der Waals surface area contributed by atoms with Crippen LogP contribution in [-0.4, -0.2) is 39.0 Å². The molecule has 2 aromatic heterocycles. The lowest BCUT2D eigenvalue weighted by Gasteiger charge is -2.53. The summed E-state index contributed by atoms with van der Waals surface area (Å²) in [5, 5.41) is 18.2. The number of amides is 2. The van der Waals surface area contributed by atoms with E-state index in [4.69, 9.17) is 4.98 Å². The third-order valence-corrected chi connectivity index (χ3v) is 9.05. The molecule has 0 aromatic carbocycles. The van der Waals surface area contributed by atoms with Crippen molar-refractivity contribution in [3.63, 3.8) is 0 Å². The van der Waals surface area contributed by atoms with Crippen LogP contribution in [0.5, 0.6) is 0 Å². The fourth-order valence-electron chi connectivity index (χ4n) is 6.03. The molecule has 0 saturated heterocycles. The quantitative estimate of drug-likeness (QED) is 0.620. The first-order valence-electron chi connectivity index (χ1n) is 12.0. The highest BCUT2D eigenvalue weighted by atomic mass is 32.1. The highest BCUT2D eigenvalue weighted by Gasteiger charge is 2.54. The van der Waals surface area contributed by atoms with Gasteiger partial charge in [0, 0.05) is 40.7 Å². The molecular formula is C25H32N4O3S. The van der Waals surface area contributed by atoms with Crippen molar-refractivity contribution in [3.05, 3.63) is 40.7 Å². The normalized spacial score (nSPS) is 31.8. The molecule has 2 aromatic rings. The van der Waals surface area contributed by atoms with E-state index < -0.39 is 6.10 Å². The molecule has 1 unspecified atom stereocenters. The number of hydrogen-bond donors (Lipinski definition) is 3. The van der Waals surface area contributed by atoms with Crippen molar-refractivity contribution >= 4 is 28.3 Å². The molecule has 3 N–H and O–H groups in total. The maximum Gasteiger partial charge on any atom is 0.257 e. The molecule has 0 bridgehead atoms. The fraction of sp³-hybridized carbons (Fsp3) is 0.600. The second-order valence-corrected chi connectivity index (χ2v) is 11.5. The number of nitrogens with one attached hydrogen (secondary N) is 2. The Bertz CT molecular complexity index is 1050. The van der Waals surface area contributed by atoms with E-state index in [9.17, 15) is 14.7 Å². The van der Waals surface area contributed by atoms with Gasteiger partial charge in [-0.3, -0.25) is 19.9 Å². The van der Waals surface area contributed by atoms with Crippen LogP contribution in [-0.2, 0) is 11.2 Å². The van der Waals surface area contributed by atoms with Crippen molar-refractivity contribution in [2.24, 2.45) is 23.2 Å². The lowest BCUT2D eigenvalue weighted by molar-refractivity contribution is -0.134. The van der Waals surface area contributed by atoms with Crippen molar-refractivity contribution in [1.82, 2.24) is 15.3 Å². The predicted molar refractivity (Wildman–Crippen MR) is 127 cm³/mol. The Morgan fingerprint density at radius 2 is 1.97 bits per heavy atom. The van der Waals surface area contributed by atoms with E-state index in [-0.39, 0.29) is 40.9 Å². The summed E-state index contributed by atoms with van der Waals surface area (Å²) < 4.78 is 0. The van der Waals surface area contributed by atoms with E-state index >= 15 is 0 Å². The molecular weight excluding hydrogens is 436 g/mol. The number of carbonyl (C=O) groups is 2. The lowest BCUT2D eigenvalue weighted by Crippen LogP contribution is -2.53. The van der Waals surface area contributed by atoms with Crippen LogP contribution in [0.1, 0.15) is 73.3 Å². The summed E-state index contributed by atoms with van der Waals surface area (Å²) in [7, 11) is 0. The molecule has 6 atom stereocenters. The van der Waals surface area contributed by atoms with Gasteiger partial charge < -0.3 is 10.4 Å². The Kier molecular flexibility index (Phi) is 5.77. The molecule has 0 radical (unpaired) electrons. The van der Waals surface area contributed by atoms with Gasteiger partial charge in [0.25, 0.3) is 5.91 Å². The molecule has 2 fully saturated rings. The first kappa shape index (κ1) is 22.5. The number of thiazole rings is 1. The number of hydrogen-bond acceptors (Lipinski definition) is 6. The molecule has 2 saturated carbocycles. The van der Waals surface area contributed by atoms with Gasteiger partial charge in [-0.1, -0.05) is 20.8 Å². The Morgan fingerprint density at radius 3 is 2.67 bits per heavy atom. The standard InChI is InChI=1S/C25H32N4O3S/c1-13(22(31)27-16-4-5-16)17-6-9-25(3)12-18-20(14(2)19(25)21(17)30)28-24(33-18)29-23(32)15-7-10-26-11-8-15/h7-8,10-11,13-14,16-17,19,21,30H,4-6,9,12H2,1-3H3,(H,27,31)(H,28,29,32)/t13-,14-,17?,19+,21-,25-/m0/s1. The second kappa shape index (κ2) is 8.47. The number of rotatable bonds is 5. The van der Waals surface area contributed by atoms with Crippen molar-refractivity contribution < 1.29 is 14.7 Å². The Balaban J connectivity index is 1.35. The maximum absolute atomic E-state index is 12.7. The minimum absolute atomic E-state index is 0.0331. The molecule has 33 heavy (non-hydrogen) atoms. The summed E-state index contributed by atoms with van der Waals surface area (Å²) in [4.78, 5) is 35.2. The molecule has 2 amide bonds. The van der Waals surface area contributed by atoms with E-state index in [0.29, 0.717) is 16.7 Å². The zero-order valence-corrected chi connectivity index (χ0v) is 20.2. The minimum Gasteiger partial charge on any atom is -0.392 e. The number of pyridine rings is 1. The average Bonchev–Trinajstić information content (AvgIpc) is 3.51. The van der Waals surface area contributed by atoms with Crippen molar-refractivity contribution in [2.75, 3.05) is 5.32 Å². The second-order valence-electron chi connectivity index (χ2n) is 10.4. The van der Waals surface area contributed by atoms with Gasteiger partial charge in [0.1, 0.15) is 0 Å². The van der Waals surface area contributed by atoms with Crippen LogP contribution in [0, 0.1) is 23.2 Å². The van der Waals surface area contributed by atoms with Gasteiger partial charge in [0.15, 0.2) is 5.13 Å². The van der Waals surface area contributed by atoms with Gasteiger partial charge in [0.2, 0.25) is 5.91 Å². The SMILES string of the molecule is C[C@H](C(=O)NC1CC1)C1CC[C@@]2(C)Cc3sc(NC(=O)c4ccncc4)nc3[C@@H](C)[C@@H]2[C@H]1O. The molecule has 7 nitrogen and oxygen atoms in total. The highest BCUT2D eigenvalue weighted by molar-refractivity contribution is 7.15. The zero-order valence-electron chi connectivity index (χ0n) is 19.4. The van der Waals surface area contributed by atoms with Crippen LogP contribution in [0.25, 0.3) is 0 Å². The van der Waals surface area contributed by atoms with E-state index in [2.05, 4.69) is 29.5 Å². The fourth-order valence-corrected chi connectivity index (χ4v) is 7.29. The van der Waals surface area contributed by atoms with Crippen LogP contribution in [0.3, 0.4) is 0 Å². The number of aliphatic hydroxyl groups is 1. The van der Waals surface area contributed by atoms with Crippen LogP contribution in [0.2, 0.25) is 0 Å². The molecule has 5 rings (SSSR count). The number of fused-ring (bicyclic) bond motifs is 2. The molecule has 3 aliphatic rings. The number of anilines is 1. The van der Waals surface area contributed by atoms with Crippen molar-refractivity contribution in [3.8, 4) is 0 Å². The van der Waals surface area contributed by atoms with E-state index in [1.54, 1.807) is 24.5 Å². The predicted octanol–water partition coefficient (Wildman–Crippen LogP) is 3.76. The van der Waals surface area contributed by atoms with Gasteiger partial charge in [0.05, 0.1) is 11.8 Å². The van der Waals surface area contributed by atoms with Crippen LogP contribution < -0.4 is 10.6 Å². The van der Waals surface area contributed by atoms with Crippen LogP contribution >= 0.6 is 11.3 Å². The molecule has 8 heteroatoms. The van der Waals surface area contributed by atoms with Crippen molar-refractivity contribution in [1.29, 1.82) is 0 Å². The first-order valence-corrected chi connectivity index (χ1v) is 12.8. The molecule has 0 aliphatic heterocycles. The highest BCUT2D eigenvalue weighted by Crippen LogP contribution is 2.57. The molecule has 2 heterocycles. The van der Waals surface area contributed by atoms with Gasteiger partial charge in [-0.25, -0.2) is 4.98 Å². The molecule has 0 spiro atoms. The zero-order chi connectivity index (χ0) is 23.3. The summed E-state index contributed by atoms with van der Waals surface area (Å²) in [6.45, 7) is 6.36. The topological polar surface area (TPSA) is 104 Å². The van der Waals surface area contributed by atoms with Gasteiger partial charge in [-0.15, -0.1) is 11.3 Å². The Hall–Kier alpha value is -2.32. The summed E-state index contributed by atoms with van der Waals surface area (Å²) in [6, 6.07) is 3.69. The third-order valence-electron chi connectivity index (χ3n) is 8.06.